The topological polar surface area (TPSA) is 72.9 Å². The van der Waals surface area contributed by atoms with Gasteiger partial charge in [0.2, 0.25) is 11.7 Å². The van der Waals surface area contributed by atoms with Crippen molar-refractivity contribution >= 4 is 17.7 Å². The average Bonchev–Trinajstić information content (AvgIpc) is 3.11. The molecule has 0 bridgehead atoms. The number of rotatable bonds is 8. The van der Waals surface area contributed by atoms with Gasteiger partial charge in [-0.1, -0.05) is 42.5 Å². The van der Waals surface area contributed by atoms with Gasteiger partial charge in [-0.25, -0.2) is 0 Å². The Morgan fingerprint density at radius 3 is 2.54 bits per heavy atom. The fraction of sp³-hybridized carbons (Fsp3) is 0.318. The smallest absolute Gasteiger partial charge is 0.311 e. The second-order valence-electron chi connectivity index (χ2n) is 6.71. The molecule has 0 unspecified atom stereocenters. The van der Waals surface area contributed by atoms with Crippen LogP contribution in [0, 0.1) is 5.92 Å². The van der Waals surface area contributed by atoms with Crippen molar-refractivity contribution in [2.24, 2.45) is 5.92 Å². The largest absolute Gasteiger partial charge is 0.496 e. The number of ether oxygens (including phenoxy) is 2. The van der Waals surface area contributed by atoms with E-state index in [2.05, 4.69) is 0 Å². The van der Waals surface area contributed by atoms with Crippen LogP contribution in [0.25, 0.3) is 0 Å². The van der Waals surface area contributed by atoms with Crippen LogP contribution in [0.1, 0.15) is 22.3 Å². The first-order chi connectivity index (χ1) is 13.6. The van der Waals surface area contributed by atoms with E-state index in [1.807, 2.05) is 30.3 Å². The van der Waals surface area contributed by atoms with Crippen molar-refractivity contribution in [2.45, 2.75) is 12.8 Å². The molecule has 2 aromatic rings. The maximum Gasteiger partial charge on any atom is 0.311 e. The molecule has 0 radical (unpaired) electrons. The molecule has 1 heterocycles. The van der Waals surface area contributed by atoms with E-state index in [1.165, 1.54) is 7.11 Å². The predicted octanol–water partition coefficient (Wildman–Crippen LogP) is 2.51. The maximum atomic E-state index is 12.3. The summed E-state index contributed by atoms with van der Waals surface area (Å²) in [4.78, 5) is 38.5. The highest BCUT2D eigenvalue weighted by Crippen LogP contribution is 2.21. The quantitative estimate of drug-likeness (QED) is 0.519. The number of likely N-dealkylation sites (tertiary alicyclic amines) is 1. The molecule has 6 heteroatoms. The molecule has 0 N–H and O–H groups in total. The van der Waals surface area contributed by atoms with Crippen LogP contribution in [0.15, 0.2) is 54.6 Å². The Labute approximate surface area is 164 Å². The highest BCUT2D eigenvalue weighted by Gasteiger charge is 2.35. The number of hydrogen-bond donors (Lipinski definition) is 0. The summed E-state index contributed by atoms with van der Waals surface area (Å²) in [6.07, 6.45) is 0.858. The van der Waals surface area contributed by atoms with Crippen molar-refractivity contribution in [2.75, 3.05) is 26.8 Å². The summed E-state index contributed by atoms with van der Waals surface area (Å²) < 4.78 is 10.3. The van der Waals surface area contributed by atoms with E-state index in [4.69, 9.17) is 9.47 Å². The van der Waals surface area contributed by atoms with Crippen LogP contribution >= 0.6 is 0 Å². The minimum absolute atomic E-state index is 0.0612. The zero-order valence-electron chi connectivity index (χ0n) is 15.8. The molecule has 6 nitrogen and oxygen atoms in total. The van der Waals surface area contributed by atoms with Gasteiger partial charge in [-0.3, -0.25) is 14.4 Å². The molecule has 1 atom stereocenters. The molecule has 3 rings (SSSR count). The van der Waals surface area contributed by atoms with Gasteiger partial charge in [0.1, 0.15) is 5.75 Å². The number of hydrogen-bond acceptors (Lipinski definition) is 5. The maximum absolute atomic E-state index is 12.3. The molecule has 0 aromatic heterocycles. The summed E-state index contributed by atoms with van der Waals surface area (Å²) in [5, 5.41) is 0. The lowest BCUT2D eigenvalue weighted by atomic mass is 10.1. The van der Waals surface area contributed by atoms with Crippen LogP contribution in [-0.2, 0) is 20.7 Å². The monoisotopic (exact) mass is 381 g/mol. The molecule has 1 saturated heterocycles. The Morgan fingerprint density at radius 1 is 1.07 bits per heavy atom. The molecule has 0 aliphatic carbocycles. The van der Waals surface area contributed by atoms with Crippen LogP contribution in [-0.4, -0.2) is 49.4 Å². The van der Waals surface area contributed by atoms with Gasteiger partial charge in [0.15, 0.2) is 6.61 Å². The summed E-state index contributed by atoms with van der Waals surface area (Å²) in [5.74, 6) is -1.01. The predicted molar refractivity (Wildman–Crippen MR) is 103 cm³/mol. The molecule has 146 valence electrons. The fourth-order valence-electron chi connectivity index (χ4n) is 3.26. The number of benzene rings is 2. The molecule has 1 amide bonds. The number of amides is 1. The van der Waals surface area contributed by atoms with E-state index >= 15 is 0 Å². The molecule has 1 aliphatic heterocycles. The average molecular weight is 381 g/mol. The van der Waals surface area contributed by atoms with Crippen molar-refractivity contribution in [3.8, 4) is 5.75 Å². The summed E-state index contributed by atoms with van der Waals surface area (Å²) >= 11 is 0. The molecule has 2 aromatic carbocycles. The van der Waals surface area contributed by atoms with Crippen LogP contribution in [0.2, 0.25) is 0 Å². The van der Waals surface area contributed by atoms with E-state index in [0.717, 1.165) is 12.0 Å². The van der Waals surface area contributed by atoms with E-state index in [0.29, 0.717) is 24.4 Å². The Morgan fingerprint density at radius 2 is 1.79 bits per heavy atom. The first-order valence-electron chi connectivity index (χ1n) is 9.23. The summed E-state index contributed by atoms with van der Waals surface area (Å²) in [7, 11) is 1.48. The second kappa shape index (κ2) is 9.17. The fourth-order valence-corrected chi connectivity index (χ4v) is 3.26. The number of Topliss-reactive ketones (excluding diaryl/α,β-unsaturated/α-hetero) is 1. The Kier molecular flexibility index (Phi) is 6.42. The van der Waals surface area contributed by atoms with E-state index in [1.54, 1.807) is 29.2 Å². The van der Waals surface area contributed by atoms with Crippen molar-refractivity contribution in [3.05, 3.63) is 65.7 Å². The van der Waals surface area contributed by atoms with Crippen molar-refractivity contribution in [1.29, 1.82) is 0 Å². The summed E-state index contributed by atoms with van der Waals surface area (Å²) in [6, 6.07) is 16.7. The minimum atomic E-state index is -0.534. The Balaban J connectivity index is 1.49. The molecule has 0 spiro atoms. The lowest BCUT2D eigenvalue weighted by Gasteiger charge is -2.16. The third kappa shape index (κ3) is 4.76. The van der Waals surface area contributed by atoms with Gasteiger partial charge in [0.05, 0.1) is 18.6 Å². The molecular weight excluding hydrogens is 358 g/mol. The van der Waals surface area contributed by atoms with Gasteiger partial charge in [0.25, 0.3) is 0 Å². The van der Waals surface area contributed by atoms with Crippen molar-refractivity contribution < 1.29 is 23.9 Å². The van der Waals surface area contributed by atoms with Gasteiger partial charge in [-0.15, -0.1) is 0 Å². The Hall–Kier alpha value is -3.15. The highest BCUT2D eigenvalue weighted by atomic mass is 16.5. The Bertz CT molecular complexity index is 849. The standard InChI is InChI=1S/C22H23NO5/c1-27-20-10-6-5-9-18(20)19(24)15-28-22(26)17-13-21(25)23(14-17)12-11-16-7-3-2-4-8-16/h2-10,17H,11-15H2,1H3/t17-/m1/s1. The van der Waals surface area contributed by atoms with Crippen LogP contribution < -0.4 is 4.74 Å². The zero-order chi connectivity index (χ0) is 19.9. The zero-order valence-corrected chi connectivity index (χ0v) is 15.8. The molecule has 0 saturated carbocycles. The van der Waals surface area contributed by atoms with Crippen LogP contribution in [0.4, 0.5) is 0 Å². The first-order valence-corrected chi connectivity index (χ1v) is 9.23. The lowest BCUT2D eigenvalue weighted by Crippen LogP contribution is -2.29. The SMILES string of the molecule is COc1ccccc1C(=O)COC(=O)[C@@H]1CC(=O)N(CCc2ccccc2)C1. The number of esters is 1. The summed E-state index contributed by atoms with van der Waals surface area (Å²) in [6.45, 7) is 0.522. The third-order valence-electron chi connectivity index (χ3n) is 4.81. The number of carbonyl (C=O) groups excluding carboxylic acids is 3. The highest BCUT2D eigenvalue weighted by molar-refractivity contribution is 6.00. The number of para-hydroxylation sites is 1. The van der Waals surface area contributed by atoms with Crippen molar-refractivity contribution in [3.63, 3.8) is 0 Å². The second-order valence-corrected chi connectivity index (χ2v) is 6.71. The van der Waals surface area contributed by atoms with Gasteiger partial charge < -0.3 is 14.4 Å². The summed E-state index contributed by atoms with van der Waals surface area (Å²) in [5.41, 5.74) is 1.51. The van der Waals surface area contributed by atoms with Crippen LogP contribution in [0.5, 0.6) is 5.75 Å². The first kappa shape index (κ1) is 19.6. The number of ketones is 1. The molecule has 1 fully saturated rings. The molecule has 28 heavy (non-hydrogen) atoms. The number of nitrogens with zero attached hydrogens (tertiary/aromatic N) is 1. The van der Waals surface area contributed by atoms with Gasteiger partial charge in [0, 0.05) is 19.5 Å². The van der Waals surface area contributed by atoms with E-state index in [-0.39, 0.29) is 24.7 Å². The van der Waals surface area contributed by atoms with Gasteiger partial charge in [-0.05, 0) is 24.1 Å². The normalized spacial score (nSPS) is 16.1. The number of methoxy groups -OCH3 is 1. The number of carbonyl (C=O) groups is 3. The van der Waals surface area contributed by atoms with E-state index in [9.17, 15) is 14.4 Å². The van der Waals surface area contributed by atoms with Gasteiger partial charge >= 0.3 is 5.97 Å². The molecule has 1 aliphatic rings. The molecular formula is C22H23NO5. The third-order valence-corrected chi connectivity index (χ3v) is 4.81. The van der Waals surface area contributed by atoms with E-state index < -0.39 is 11.9 Å². The minimum Gasteiger partial charge on any atom is -0.496 e. The van der Waals surface area contributed by atoms with Crippen molar-refractivity contribution in [1.82, 2.24) is 4.90 Å². The lowest BCUT2D eigenvalue weighted by molar-refractivity contribution is -0.147. The van der Waals surface area contributed by atoms with Gasteiger partial charge in [-0.2, -0.15) is 0 Å². The van der Waals surface area contributed by atoms with Crippen LogP contribution in [0.3, 0.4) is 0 Å².